The second kappa shape index (κ2) is 12.3. The number of amides is 2. The van der Waals surface area contributed by atoms with Crippen LogP contribution in [0, 0.1) is 0 Å². The van der Waals surface area contributed by atoms with Gasteiger partial charge in [-0.05, 0) is 48.9 Å². The summed E-state index contributed by atoms with van der Waals surface area (Å²) in [4.78, 5) is 30.4. The zero-order valence-electron chi connectivity index (χ0n) is 19.2. The molecule has 2 rings (SSSR count). The third kappa shape index (κ3) is 6.99. The van der Waals surface area contributed by atoms with Gasteiger partial charge in [0, 0.05) is 23.9 Å². The minimum Gasteiger partial charge on any atom is -0.493 e. The fourth-order valence-corrected chi connectivity index (χ4v) is 4.06. The smallest absolute Gasteiger partial charge is 0.242 e. The predicted molar refractivity (Wildman–Crippen MR) is 125 cm³/mol. The topological polar surface area (TPSA) is 59.1 Å². The van der Waals surface area contributed by atoms with Gasteiger partial charge in [-0.15, -0.1) is 11.3 Å². The van der Waals surface area contributed by atoms with Crippen LogP contribution in [0.1, 0.15) is 44.1 Å². The number of rotatable bonds is 12. The number of benzene rings is 1. The summed E-state index contributed by atoms with van der Waals surface area (Å²) < 4.78 is 10.7. The van der Waals surface area contributed by atoms with Gasteiger partial charge >= 0.3 is 0 Å². The second-order valence-corrected chi connectivity index (χ2v) is 8.50. The van der Waals surface area contributed by atoms with Crippen LogP contribution >= 0.6 is 11.3 Å². The summed E-state index contributed by atoms with van der Waals surface area (Å²) in [6, 6.07) is 9.86. The summed E-state index contributed by atoms with van der Waals surface area (Å²) in [6.07, 6.45) is 1.90. The average molecular weight is 447 g/mol. The lowest BCUT2D eigenvalue weighted by molar-refractivity contribution is -0.142. The van der Waals surface area contributed by atoms with Crippen LogP contribution in [0.2, 0.25) is 0 Å². The molecule has 0 spiro atoms. The van der Waals surface area contributed by atoms with Crippen LogP contribution in [-0.2, 0) is 22.6 Å². The van der Waals surface area contributed by atoms with Crippen molar-refractivity contribution in [2.45, 2.75) is 52.6 Å². The first-order chi connectivity index (χ1) is 14.9. The summed E-state index contributed by atoms with van der Waals surface area (Å²) >= 11 is 1.63. The van der Waals surface area contributed by atoms with E-state index >= 15 is 0 Å². The molecule has 1 atom stereocenters. The van der Waals surface area contributed by atoms with Crippen molar-refractivity contribution in [3.63, 3.8) is 0 Å². The standard InChI is InChI=1S/C24H34N2O4S/c1-6-18(3)26(23(27)7-2)17-24(28)25(16-20-9-8-14-31-20)13-12-19-10-11-21(29-4)22(15-19)30-5/h8-11,14-15,18H,6-7,12-13,16-17H2,1-5H3. The molecular weight excluding hydrogens is 412 g/mol. The summed E-state index contributed by atoms with van der Waals surface area (Å²) in [5.74, 6) is 1.34. The van der Waals surface area contributed by atoms with Crippen molar-refractivity contribution >= 4 is 23.2 Å². The third-order valence-corrected chi connectivity index (χ3v) is 6.31. The fraction of sp³-hybridized carbons (Fsp3) is 0.500. The van der Waals surface area contributed by atoms with Crippen molar-refractivity contribution in [1.29, 1.82) is 0 Å². The van der Waals surface area contributed by atoms with Crippen LogP contribution in [0.25, 0.3) is 0 Å². The van der Waals surface area contributed by atoms with Gasteiger partial charge in [-0.25, -0.2) is 0 Å². The SMILES string of the molecule is CCC(=O)N(CC(=O)N(CCc1ccc(OC)c(OC)c1)Cc1cccs1)C(C)CC. The molecule has 0 saturated heterocycles. The van der Waals surface area contributed by atoms with Crippen molar-refractivity contribution in [3.05, 3.63) is 46.2 Å². The Balaban J connectivity index is 2.16. The molecule has 6 nitrogen and oxygen atoms in total. The lowest BCUT2D eigenvalue weighted by Gasteiger charge is -2.31. The van der Waals surface area contributed by atoms with Crippen LogP contribution in [-0.4, -0.2) is 55.0 Å². The molecule has 7 heteroatoms. The maximum Gasteiger partial charge on any atom is 0.242 e. The van der Waals surface area contributed by atoms with E-state index in [9.17, 15) is 9.59 Å². The van der Waals surface area contributed by atoms with Gasteiger partial charge in [0.25, 0.3) is 0 Å². The molecule has 31 heavy (non-hydrogen) atoms. The minimum atomic E-state index is -0.0315. The van der Waals surface area contributed by atoms with Gasteiger partial charge in [-0.3, -0.25) is 9.59 Å². The Labute approximate surface area is 189 Å². The number of thiophene rings is 1. The van der Waals surface area contributed by atoms with E-state index in [1.54, 1.807) is 30.5 Å². The first-order valence-electron chi connectivity index (χ1n) is 10.7. The van der Waals surface area contributed by atoms with Crippen LogP contribution < -0.4 is 9.47 Å². The normalized spacial score (nSPS) is 11.6. The first kappa shape index (κ1) is 24.7. The van der Waals surface area contributed by atoms with Gasteiger partial charge in [-0.2, -0.15) is 0 Å². The number of hydrogen-bond donors (Lipinski definition) is 0. The molecule has 0 aliphatic carbocycles. The van der Waals surface area contributed by atoms with E-state index in [-0.39, 0.29) is 24.4 Å². The maximum atomic E-state index is 13.3. The van der Waals surface area contributed by atoms with Crippen molar-refractivity contribution in [1.82, 2.24) is 9.80 Å². The molecular formula is C24H34N2O4S. The Morgan fingerprint density at radius 2 is 1.81 bits per heavy atom. The summed E-state index contributed by atoms with van der Waals surface area (Å²) in [5.41, 5.74) is 1.06. The Morgan fingerprint density at radius 3 is 2.39 bits per heavy atom. The lowest BCUT2D eigenvalue weighted by atomic mass is 10.1. The molecule has 1 heterocycles. The van der Waals surface area contributed by atoms with E-state index < -0.39 is 0 Å². The van der Waals surface area contributed by atoms with E-state index in [0.717, 1.165) is 16.9 Å². The van der Waals surface area contributed by atoms with Gasteiger partial charge in [0.05, 0.1) is 27.3 Å². The molecule has 0 aliphatic heterocycles. The summed E-state index contributed by atoms with van der Waals surface area (Å²) in [5, 5.41) is 2.01. The molecule has 170 valence electrons. The molecule has 2 aromatic rings. The van der Waals surface area contributed by atoms with Gasteiger partial charge in [0.2, 0.25) is 11.8 Å². The van der Waals surface area contributed by atoms with Crippen molar-refractivity contribution in [3.8, 4) is 11.5 Å². The third-order valence-electron chi connectivity index (χ3n) is 5.45. The Bertz CT molecular complexity index is 838. The Morgan fingerprint density at radius 1 is 1.06 bits per heavy atom. The molecule has 0 N–H and O–H groups in total. The van der Waals surface area contributed by atoms with E-state index in [1.165, 1.54) is 0 Å². The lowest BCUT2D eigenvalue weighted by Crippen LogP contribution is -2.46. The number of carbonyl (C=O) groups excluding carboxylic acids is 2. The Kier molecular flexibility index (Phi) is 9.85. The fourth-order valence-electron chi connectivity index (χ4n) is 3.34. The van der Waals surface area contributed by atoms with Gasteiger partial charge < -0.3 is 19.3 Å². The highest BCUT2D eigenvalue weighted by molar-refractivity contribution is 7.09. The van der Waals surface area contributed by atoms with Crippen LogP contribution in [0.15, 0.2) is 35.7 Å². The predicted octanol–water partition coefficient (Wildman–Crippen LogP) is 4.37. The van der Waals surface area contributed by atoms with Gasteiger partial charge in [0.15, 0.2) is 11.5 Å². The zero-order valence-corrected chi connectivity index (χ0v) is 20.0. The minimum absolute atomic E-state index is 0.0127. The number of hydrogen-bond acceptors (Lipinski definition) is 5. The van der Waals surface area contributed by atoms with Crippen LogP contribution in [0.3, 0.4) is 0 Å². The molecule has 0 bridgehead atoms. The highest BCUT2D eigenvalue weighted by atomic mass is 32.1. The molecule has 2 amide bonds. The molecule has 1 unspecified atom stereocenters. The molecule has 1 aromatic heterocycles. The number of carbonyl (C=O) groups is 2. The Hall–Kier alpha value is -2.54. The highest BCUT2D eigenvalue weighted by Gasteiger charge is 2.24. The van der Waals surface area contributed by atoms with E-state index in [2.05, 4.69) is 0 Å². The van der Waals surface area contributed by atoms with E-state index in [0.29, 0.717) is 37.4 Å². The van der Waals surface area contributed by atoms with Crippen LogP contribution in [0.5, 0.6) is 11.5 Å². The monoisotopic (exact) mass is 446 g/mol. The number of methoxy groups -OCH3 is 2. The van der Waals surface area contributed by atoms with Crippen molar-refractivity contribution < 1.29 is 19.1 Å². The number of nitrogens with zero attached hydrogens (tertiary/aromatic N) is 2. The van der Waals surface area contributed by atoms with Gasteiger partial charge in [-0.1, -0.05) is 26.0 Å². The van der Waals surface area contributed by atoms with Gasteiger partial charge in [0.1, 0.15) is 0 Å². The summed E-state index contributed by atoms with van der Waals surface area (Å²) in [7, 11) is 3.22. The summed E-state index contributed by atoms with van der Waals surface area (Å²) in [6.45, 7) is 7.07. The first-order valence-corrected chi connectivity index (χ1v) is 11.6. The quantitative estimate of drug-likeness (QED) is 0.486. The molecule has 1 aromatic carbocycles. The van der Waals surface area contributed by atoms with Crippen molar-refractivity contribution in [2.75, 3.05) is 27.3 Å². The van der Waals surface area contributed by atoms with E-state index in [1.807, 2.05) is 61.4 Å². The van der Waals surface area contributed by atoms with Crippen LogP contribution in [0.4, 0.5) is 0 Å². The zero-order chi connectivity index (χ0) is 22.8. The van der Waals surface area contributed by atoms with E-state index in [4.69, 9.17) is 9.47 Å². The average Bonchev–Trinajstić information content (AvgIpc) is 3.31. The largest absolute Gasteiger partial charge is 0.493 e. The maximum absolute atomic E-state index is 13.3. The second-order valence-electron chi connectivity index (χ2n) is 7.47. The highest BCUT2D eigenvalue weighted by Crippen LogP contribution is 2.28. The molecule has 0 aliphatic rings. The molecule has 0 radical (unpaired) electrons. The number of ether oxygens (including phenoxy) is 2. The van der Waals surface area contributed by atoms with Crippen molar-refractivity contribution in [2.24, 2.45) is 0 Å². The molecule has 0 saturated carbocycles. The molecule has 0 fully saturated rings.